The van der Waals surface area contributed by atoms with Gasteiger partial charge >= 0.3 is 5.24 Å². The topological polar surface area (TPSA) is 29.4 Å². The molecule has 0 rings (SSSR count). The second-order valence-electron chi connectivity index (χ2n) is 0.673. The van der Waals surface area contributed by atoms with Crippen molar-refractivity contribution in [3.05, 3.63) is 0 Å². The summed E-state index contributed by atoms with van der Waals surface area (Å²) in [7, 11) is 0. The van der Waals surface area contributed by atoms with Crippen LogP contribution in [0.2, 0.25) is 0 Å². The van der Waals surface area contributed by atoms with E-state index in [9.17, 15) is 4.79 Å². The third-order valence-electron chi connectivity index (χ3n) is 0.312. The van der Waals surface area contributed by atoms with Crippen LogP contribution in [0.15, 0.2) is 4.99 Å². The molecule has 0 unspecified atom stereocenters. The largest absolute Gasteiger partial charge is 0.313 e. The normalized spacial score (nSPS) is 7.00. The van der Waals surface area contributed by atoms with Crippen molar-refractivity contribution in [2.75, 3.05) is 6.26 Å². The van der Waals surface area contributed by atoms with Gasteiger partial charge in [-0.15, -0.1) is 4.99 Å². The van der Waals surface area contributed by atoms with Crippen LogP contribution >= 0.6 is 24.0 Å². The molecule has 0 aliphatic heterocycles. The van der Waals surface area contributed by atoms with Gasteiger partial charge in [-0.1, -0.05) is 11.8 Å². The van der Waals surface area contributed by atoms with Crippen LogP contribution in [0.3, 0.4) is 0 Å². The number of carbonyl (C=O) groups excluding carboxylic acids is 1. The molecular weight excluding hydrogens is 130 g/mol. The molecular formula is C3H3NOS2. The minimum atomic E-state index is -0.296. The summed E-state index contributed by atoms with van der Waals surface area (Å²) >= 11 is 5.16. The first-order chi connectivity index (χ1) is 3.31. The molecule has 0 aromatic heterocycles. The van der Waals surface area contributed by atoms with Crippen molar-refractivity contribution in [1.82, 2.24) is 0 Å². The van der Waals surface area contributed by atoms with E-state index < -0.39 is 0 Å². The van der Waals surface area contributed by atoms with E-state index in [2.05, 4.69) is 17.2 Å². The van der Waals surface area contributed by atoms with Crippen LogP contribution in [0.4, 0.5) is 4.79 Å². The number of nitrogens with zero attached hydrogens (tertiary/aromatic N) is 1. The van der Waals surface area contributed by atoms with Gasteiger partial charge in [0.2, 0.25) is 0 Å². The fraction of sp³-hybridized carbons (Fsp3) is 0.333. The molecule has 38 valence electrons. The number of aliphatic imine (C=N–C) groups is 1. The highest BCUT2D eigenvalue weighted by Gasteiger charge is 1.86. The van der Waals surface area contributed by atoms with Crippen molar-refractivity contribution in [3.8, 4) is 0 Å². The first-order valence-corrected chi connectivity index (χ1v) is 3.10. The van der Waals surface area contributed by atoms with Gasteiger partial charge in [-0.05, 0) is 18.5 Å². The molecule has 0 aliphatic carbocycles. The van der Waals surface area contributed by atoms with Crippen LogP contribution in [-0.4, -0.2) is 16.7 Å². The van der Waals surface area contributed by atoms with E-state index in [1.54, 1.807) is 6.26 Å². The first-order valence-electron chi connectivity index (χ1n) is 1.47. The van der Waals surface area contributed by atoms with Crippen molar-refractivity contribution >= 4 is 34.4 Å². The number of carbonyl (C=O) groups is 1. The average molecular weight is 133 g/mol. The summed E-state index contributed by atoms with van der Waals surface area (Å²) in [5.41, 5.74) is 0. The number of rotatable bonds is 0. The molecule has 0 saturated carbocycles. The van der Waals surface area contributed by atoms with E-state index in [1.165, 1.54) is 0 Å². The maximum atomic E-state index is 10.1. The Balaban J connectivity index is 3.58. The lowest BCUT2D eigenvalue weighted by atomic mass is 11.3. The van der Waals surface area contributed by atoms with Gasteiger partial charge in [-0.3, -0.25) is 4.79 Å². The van der Waals surface area contributed by atoms with Crippen molar-refractivity contribution in [3.63, 3.8) is 0 Å². The summed E-state index contributed by atoms with van der Waals surface area (Å²) in [4.78, 5) is 13.2. The molecule has 0 fully saturated rings. The number of hydrogen-bond donors (Lipinski definition) is 0. The molecule has 0 N–H and O–H groups in total. The van der Waals surface area contributed by atoms with Crippen LogP contribution in [0.25, 0.3) is 0 Å². The molecule has 4 heteroatoms. The van der Waals surface area contributed by atoms with Gasteiger partial charge in [0.15, 0.2) is 0 Å². The Bertz CT molecular complexity index is 116. The molecule has 0 spiro atoms. The Morgan fingerprint density at radius 3 is 2.71 bits per heavy atom. The Morgan fingerprint density at radius 2 is 2.57 bits per heavy atom. The summed E-state index contributed by atoms with van der Waals surface area (Å²) in [5, 5.41) is 1.66. The summed E-state index contributed by atoms with van der Waals surface area (Å²) in [5.74, 6) is 0. The van der Waals surface area contributed by atoms with E-state index in [0.29, 0.717) is 0 Å². The number of thiocarbonyl (C=S) groups is 1. The van der Waals surface area contributed by atoms with Gasteiger partial charge in [-0.2, -0.15) is 0 Å². The maximum absolute atomic E-state index is 10.1. The lowest BCUT2D eigenvalue weighted by Crippen LogP contribution is -1.74. The summed E-state index contributed by atoms with van der Waals surface area (Å²) in [6.07, 6.45) is 1.64. The summed E-state index contributed by atoms with van der Waals surface area (Å²) in [6, 6.07) is 0. The van der Waals surface area contributed by atoms with Gasteiger partial charge in [0.1, 0.15) is 0 Å². The van der Waals surface area contributed by atoms with E-state index in [-0.39, 0.29) is 5.24 Å². The van der Waals surface area contributed by atoms with Crippen LogP contribution in [-0.2, 0) is 0 Å². The standard InChI is InChI=1S/C3H3NOS2/c1-7-3(5)4-2-6/h1H3. The zero-order chi connectivity index (χ0) is 5.70. The van der Waals surface area contributed by atoms with Crippen LogP contribution in [0, 0.1) is 0 Å². The zero-order valence-corrected chi connectivity index (χ0v) is 5.30. The Labute approximate surface area is 51.0 Å². The minimum Gasteiger partial charge on any atom is -0.259 e. The highest BCUT2D eigenvalue weighted by molar-refractivity contribution is 8.13. The van der Waals surface area contributed by atoms with Crippen LogP contribution in [0.1, 0.15) is 0 Å². The Kier molecular flexibility index (Phi) is 3.89. The molecule has 0 aromatic carbocycles. The lowest BCUT2D eigenvalue weighted by Gasteiger charge is -1.73. The number of hydrogen-bond acceptors (Lipinski definition) is 3. The monoisotopic (exact) mass is 133 g/mol. The maximum Gasteiger partial charge on any atom is 0.313 e. The van der Waals surface area contributed by atoms with Crippen LogP contribution in [0.5, 0.6) is 0 Å². The second-order valence-corrected chi connectivity index (χ2v) is 1.61. The quantitative estimate of drug-likeness (QED) is 0.371. The SMILES string of the molecule is CSC(=O)N=C=S. The molecule has 0 heterocycles. The smallest absolute Gasteiger partial charge is 0.259 e. The molecule has 0 bridgehead atoms. The number of amides is 1. The van der Waals surface area contributed by atoms with Crippen molar-refractivity contribution in [2.45, 2.75) is 0 Å². The molecule has 0 atom stereocenters. The third-order valence-corrected chi connectivity index (χ3v) is 0.843. The lowest BCUT2D eigenvalue weighted by molar-refractivity contribution is 0.267. The van der Waals surface area contributed by atoms with Gasteiger partial charge in [0.25, 0.3) is 0 Å². The van der Waals surface area contributed by atoms with Gasteiger partial charge in [0, 0.05) is 0 Å². The molecule has 2 nitrogen and oxygen atoms in total. The molecule has 0 aliphatic rings. The fourth-order valence-corrected chi connectivity index (χ4v) is 0.361. The third kappa shape index (κ3) is 3.66. The van der Waals surface area contributed by atoms with Crippen molar-refractivity contribution in [2.24, 2.45) is 4.99 Å². The van der Waals surface area contributed by atoms with Crippen molar-refractivity contribution < 1.29 is 4.79 Å². The summed E-state index contributed by atoms with van der Waals surface area (Å²) < 4.78 is 0. The first kappa shape index (κ1) is 6.82. The molecule has 0 radical (unpaired) electrons. The molecule has 1 amide bonds. The van der Waals surface area contributed by atoms with E-state index in [4.69, 9.17) is 0 Å². The van der Waals surface area contributed by atoms with Crippen LogP contribution < -0.4 is 0 Å². The highest BCUT2D eigenvalue weighted by Crippen LogP contribution is 1.95. The van der Waals surface area contributed by atoms with E-state index in [0.717, 1.165) is 11.8 Å². The number of thioether (sulfide) groups is 1. The van der Waals surface area contributed by atoms with E-state index >= 15 is 0 Å². The highest BCUT2D eigenvalue weighted by atomic mass is 32.2. The van der Waals surface area contributed by atoms with Gasteiger partial charge in [-0.25, -0.2) is 0 Å². The molecule has 0 aromatic rings. The zero-order valence-electron chi connectivity index (χ0n) is 3.67. The van der Waals surface area contributed by atoms with Crippen molar-refractivity contribution in [1.29, 1.82) is 0 Å². The van der Waals surface area contributed by atoms with Gasteiger partial charge in [0.05, 0.1) is 5.16 Å². The Hall–Kier alpha value is -0.180. The fourth-order valence-electron chi connectivity index (χ4n) is 0.0829. The minimum absolute atomic E-state index is 0.296. The second kappa shape index (κ2) is 3.99. The Morgan fingerprint density at radius 1 is 2.00 bits per heavy atom. The van der Waals surface area contributed by atoms with E-state index in [1.807, 2.05) is 5.16 Å². The molecule has 7 heavy (non-hydrogen) atoms. The predicted octanol–water partition coefficient (Wildman–Crippen LogP) is 1.57. The predicted molar refractivity (Wildman–Crippen MR) is 33.9 cm³/mol. The number of isothiocyanates is 1. The van der Waals surface area contributed by atoms with Gasteiger partial charge < -0.3 is 0 Å². The summed E-state index contributed by atoms with van der Waals surface area (Å²) in [6.45, 7) is 0. The molecule has 0 saturated heterocycles. The average Bonchev–Trinajstić information content (AvgIpc) is 1.68.